The van der Waals surface area contributed by atoms with Crippen LogP contribution in [0.4, 0.5) is 17.3 Å². The van der Waals surface area contributed by atoms with Gasteiger partial charge in [0.2, 0.25) is 17.7 Å². The fraction of sp³-hybridized carbons (Fsp3) is 0.290. The highest BCUT2D eigenvalue weighted by Gasteiger charge is 2.23. The maximum atomic E-state index is 13.0. The zero-order chi connectivity index (χ0) is 29.5. The predicted molar refractivity (Wildman–Crippen MR) is 159 cm³/mol. The monoisotopic (exact) mass is 571 g/mol. The van der Waals surface area contributed by atoms with Crippen LogP contribution in [0.15, 0.2) is 67.4 Å². The topological polar surface area (TPSA) is 115 Å². The fourth-order valence-corrected chi connectivity index (χ4v) is 4.68. The summed E-state index contributed by atoms with van der Waals surface area (Å²) in [5.74, 6) is 1.32. The van der Waals surface area contributed by atoms with Gasteiger partial charge in [-0.25, -0.2) is 4.98 Å². The van der Waals surface area contributed by atoms with Crippen LogP contribution in [-0.2, 0) is 14.3 Å². The van der Waals surface area contributed by atoms with E-state index in [1.807, 2.05) is 19.2 Å². The zero-order valence-corrected chi connectivity index (χ0v) is 23.7. The van der Waals surface area contributed by atoms with E-state index in [-0.39, 0.29) is 11.8 Å². The molecule has 1 aromatic heterocycles. The van der Waals surface area contributed by atoms with Crippen molar-refractivity contribution in [1.82, 2.24) is 14.9 Å². The highest BCUT2D eigenvalue weighted by molar-refractivity contribution is 5.99. The molecule has 5 rings (SSSR count). The van der Waals surface area contributed by atoms with E-state index in [1.54, 1.807) is 59.5 Å². The van der Waals surface area contributed by atoms with Crippen LogP contribution in [0.2, 0.25) is 0 Å². The van der Waals surface area contributed by atoms with Crippen molar-refractivity contribution >= 4 is 34.7 Å². The second-order valence-electron chi connectivity index (χ2n) is 9.62. The van der Waals surface area contributed by atoms with Crippen LogP contribution in [0.1, 0.15) is 22.3 Å². The molecular formula is C31H33N5O6. The number of carbonyl (C=O) groups excluding carboxylic acids is 2. The predicted octanol–water partition coefficient (Wildman–Crippen LogP) is 4.45. The van der Waals surface area contributed by atoms with Crippen molar-refractivity contribution in [3.8, 4) is 17.4 Å². The van der Waals surface area contributed by atoms with E-state index in [0.29, 0.717) is 86.2 Å². The summed E-state index contributed by atoms with van der Waals surface area (Å²) in [6, 6.07) is 12.3. The summed E-state index contributed by atoms with van der Waals surface area (Å²) in [5, 5.41) is 2.74. The third-order valence-corrected chi connectivity index (χ3v) is 6.94. The summed E-state index contributed by atoms with van der Waals surface area (Å²) in [6.07, 6.45) is 5.62. The summed E-state index contributed by atoms with van der Waals surface area (Å²) >= 11 is 0. The Balaban J connectivity index is 1.46. The van der Waals surface area contributed by atoms with Crippen molar-refractivity contribution < 1.29 is 28.5 Å². The molecule has 0 bridgehead atoms. The smallest absolute Gasteiger partial charge is 0.254 e. The fourth-order valence-electron chi connectivity index (χ4n) is 4.68. The summed E-state index contributed by atoms with van der Waals surface area (Å²) in [4.78, 5) is 37.8. The molecule has 0 spiro atoms. The Bertz CT molecular complexity index is 1500. The average Bonchev–Trinajstić information content (AvgIpc) is 3.04. The molecular weight excluding hydrogens is 538 g/mol. The molecule has 0 saturated carbocycles. The van der Waals surface area contributed by atoms with Crippen LogP contribution in [0.5, 0.6) is 17.4 Å². The number of anilines is 3. The number of carbonyl (C=O) groups is 2. The summed E-state index contributed by atoms with van der Waals surface area (Å²) in [7, 11) is 3.38. The maximum Gasteiger partial charge on any atom is 0.254 e. The van der Waals surface area contributed by atoms with Gasteiger partial charge in [-0.15, -0.1) is 0 Å². The lowest BCUT2D eigenvalue weighted by molar-refractivity contribution is -0.111. The molecule has 2 aromatic carbocycles. The van der Waals surface area contributed by atoms with Gasteiger partial charge in [-0.05, 0) is 48.4 Å². The van der Waals surface area contributed by atoms with Gasteiger partial charge in [0.15, 0.2) is 0 Å². The lowest BCUT2D eigenvalue weighted by atomic mass is 10.0. The van der Waals surface area contributed by atoms with E-state index in [2.05, 4.69) is 16.9 Å². The van der Waals surface area contributed by atoms with E-state index < -0.39 is 0 Å². The lowest BCUT2D eigenvalue weighted by Gasteiger charge is -2.27. The number of methoxy groups -OCH3 is 1. The van der Waals surface area contributed by atoms with E-state index in [9.17, 15) is 9.59 Å². The Morgan fingerprint density at radius 2 is 1.95 bits per heavy atom. The van der Waals surface area contributed by atoms with Crippen molar-refractivity contribution in [1.29, 1.82) is 0 Å². The van der Waals surface area contributed by atoms with Gasteiger partial charge in [0, 0.05) is 43.7 Å². The van der Waals surface area contributed by atoms with Gasteiger partial charge >= 0.3 is 0 Å². The molecule has 0 radical (unpaired) electrons. The number of nitrogens with one attached hydrogen (secondary N) is 1. The number of hydrogen-bond acceptors (Lipinski definition) is 9. The third kappa shape index (κ3) is 6.59. The first-order valence-corrected chi connectivity index (χ1v) is 13.6. The minimum atomic E-state index is -0.322. The van der Waals surface area contributed by atoms with E-state index >= 15 is 0 Å². The molecule has 3 aromatic rings. The summed E-state index contributed by atoms with van der Waals surface area (Å²) < 4.78 is 22.8. The van der Waals surface area contributed by atoms with Gasteiger partial charge in [-0.2, -0.15) is 4.98 Å². The Kier molecular flexibility index (Phi) is 9.10. The number of ether oxygens (including phenoxy) is 4. The summed E-state index contributed by atoms with van der Waals surface area (Å²) in [6.45, 7) is 6.73. The minimum Gasteiger partial charge on any atom is -0.495 e. The Morgan fingerprint density at radius 1 is 1.12 bits per heavy atom. The molecule has 11 nitrogen and oxygen atoms in total. The molecule has 1 fully saturated rings. The Hall–Kier alpha value is -4.74. The van der Waals surface area contributed by atoms with Crippen LogP contribution in [0, 0.1) is 0 Å². The molecule has 2 aliphatic rings. The SMILES string of the molecule is C=CC(=O)Nc1cccc(Oc2nc(N(C)c3ccc(C(=O)N4CCOCC4)cc3OC)ncc2C2=CCOCC2)c1. The van der Waals surface area contributed by atoms with Gasteiger partial charge in [0.05, 0.1) is 44.8 Å². The van der Waals surface area contributed by atoms with Crippen molar-refractivity contribution in [2.24, 2.45) is 0 Å². The number of aromatic nitrogens is 2. The maximum absolute atomic E-state index is 13.0. The lowest BCUT2D eigenvalue weighted by Crippen LogP contribution is -2.40. The van der Waals surface area contributed by atoms with Crippen LogP contribution >= 0.6 is 0 Å². The highest BCUT2D eigenvalue weighted by Crippen LogP contribution is 2.36. The number of morpholine rings is 1. The number of hydrogen-bond donors (Lipinski definition) is 1. The van der Waals surface area contributed by atoms with Gasteiger partial charge < -0.3 is 34.1 Å². The molecule has 2 aliphatic heterocycles. The molecule has 218 valence electrons. The Labute approximate surface area is 244 Å². The molecule has 1 saturated heterocycles. The highest BCUT2D eigenvalue weighted by atomic mass is 16.5. The van der Waals surface area contributed by atoms with Crippen LogP contribution in [0.3, 0.4) is 0 Å². The van der Waals surface area contributed by atoms with Crippen molar-refractivity contribution in [3.05, 3.63) is 78.5 Å². The van der Waals surface area contributed by atoms with Gasteiger partial charge in [0.1, 0.15) is 11.5 Å². The van der Waals surface area contributed by atoms with Crippen LogP contribution in [-0.4, -0.2) is 80.4 Å². The minimum absolute atomic E-state index is 0.0710. The van der Waals surface area contributed by atoms with E-state index in [0.717, 1.165) is 11.1 Å². The first-order chi connectivity index (χ1) is 20.5. The number of amides is 2. The summed E-state index contributed by atoms with van der Waals surface area (Å²) in [5.41, 5.74) is 3.53. The second kappa shape index (κ2) is 13.3. The van der Waals surface area contributed by atoms with Gasteiger partial charge in [-0.1, -0.05) is 18.7 Å². The molecule has 0 aliphatic carbocycles. The Morgan fingerprint density at radius 3 is 2.69 bits per heavy atom. The molecule has 0 atom stereocenters. The van der Waals surface area contributed by atoms with Crippen LogP contribution < -0.4 is 19.7 Å². The van der Waals surface area contributed by atoms with E-state index in [4.69, 9.17) is 23.9 Å². The number of nitrogens with zero attached hydrogens (tertiary/aromatic N) is 4. The molecule has 42 heavy (non-hydrogen) atoms. The average molecular weight is 572 g/mol. The van der Waals surface area contributed by atoms with Crippen molar-refractivity contribution in [3.63, 3.8) is 0 Å². The molecule has 0 unspecified atom stereocenters. The normalized spacial score (nSPS) is 14.9. The third-order valence-electron chi connectivity index (χ3n) is 6.94. The van der Waals surface area contributed by atoms with Crippen molar-refractivity contribution in [2.45, 2.75) is 6.42 Å². The second-order valence-corrected chi connectivity index (χ2v) is 9.62. The standard InChI is InChI=1S/C31H33N5O6/c1-4-28(37)33-23-6-5-7-24(19-23)42-29-25(21-10-14-40-15-11-21)20-32-31(34-29)35(2)26-9-8-22(18-27(26)39-3)30(38)36-12-16-41-17-13-36/h4-10,18-20H,1,11-17H2,2-3H3,(H,33,37). The van der Waals surface area contributed by atoms with Crippen LogP contribution in [0.25, 0.3) is 5.57 Å². The molecule has 1 N–H and O–H groups in total. The number of rotatable bonds is 9. The molecule has 2 amide bonds. The first-order valence-electron chi connectivity index (χ1n) is 13.6. The van der Waals surface area contributed by atoms with Gasteiger partial charge in [0.25, 0.3) is 5.91 Å². The van der Waals surface area contributed by atoms with E-state index in [1.165, 1.54) is 6.08 Å². The zero-order valence-electron chi connectivity index (χ0n) is 23.7. The first kappa shape index (κ1) is 28.8. The van der Waals surface area contributed by atoms with Crippen molar-refractivity contribution in [2.75, 3.05) is 63.9 Å². The molecule has 11 heteroatoms. The largest absolute Gasteiger partial charge is 0.495 e. The molecule has 3 heterocycles. The van der Waals surface area contributed by atoms with Gasteiger partial charge in [-0.3, -0.25) is 9.59 Å². The number of benzene rings is 2. The quantitative estimate of drug-likeness (QED) is 0.372.